The highest BCUT2D eigenvalue weighted by Crippen LogP contribution is 2.31. The van der Waals surface area contributed by atoms with Gasteiger partial charge in [-0.15, -0.1) is 0 Å². The van der Waals surface area contributed by atoms with Crippen LogP contribution in [0.2, 0.25) is 0 Å². The molecule has 0 aliphatic carbocycles. The maximum Gasteiger partial charge on any atom is 0.284 e. The molecule has 118 valence electrons. The van der Waals surface area contributed by atoms with Crippen molar-refractivity contribution in [2.45, 2.75) is 30.5 Å². The fourth-order valence-electron chi connectivity index (χ4n) is 2.52. The van der Waals surface area contributed by atoms with Gasteiger partial charge in [0.25, 0.3) is 5.76 Å². The van der Waals surface area contributed by atoms with Crippen LogP contribution in [0.1, 0.15) is 29.5 Å². The number of fused-ring (bicyclic) bond motifs is 1. The average molecular weight is 325 g/mol. The van der Waals surface area contributed by atoms with E-state index in [1.54, 1.807) is 6.07 Å². The Hall–Kier alpha value is -1.53. The molecule has 0 amide bonds. The lowest BCUT2D eigenvalue weighted by molar-refractivity contribution is 0.249. The molecule has 22 heavy (non-hydrogen) atoms. The zero-order valence-electron chi connectivity index (χ0n) is 11.9. The summed E-state index contributed by atoms with van der Waals surface area (Å²) in [7, 11) is 0. The molecule has 1 unspecified atom stereocenters. The smallest absolute Gasteiger partial charge is 0.284 e. The van der Waals surface area contributed by atoms with E-state index in [0.29, 0.717) is 30.7 Å². The third-order valence-corrected chi connectivity index (χ3v) is 4.25. The van der Waals surface area contributed by atoms with Crippen LogP contribution in [-0.4, -0.2) is 12.4 Å². The molecule has 0 saturated heterocycles. The quantitative estimate of drug-likeness (QED) is 0.856. The molecule has 1 aliphatic rings. The second kappa shape index (κ2) is 7.15. The fraction of sp³-hybridized carbons (Fsp3) is 0.375. The molecule has 1 aromatic carbocycles. The number of para-hydroxylation sites is 1. The molecule has 6 heteroatoms. The highest BCUT2D eigenvalue weighted by molar-refractivity contribution is 7.98. The van der Waals surface area contributed by atoms with Crippen LogP contribution in [0.3, 0.4) is 0 Å². The van der Waals surface area contributed by atoms with Gasteiger partial charge in [-0.2, -0.15) is 8.78 Å². The van der Waals surface area contributed by atoms with Gasteiger partial charge in [-0.1, -0.05) is 30.0 Å². The molecule has 0 bridgehead atoms. The van der Waals surface area contributed by atoms with Gasteiger partial charge in [-0.25, -0.2) is 0 Å². The number of alkyl halides is 2. The van der Waals surface area contributed by atoms with Gasteiger partial charge in [-0.05, 0) is 18.2 Å². The Morgan fingerprint density at radius 1 is 1.18 bits per heavy atom. The van der Waals surface area contributed by atoms with E-state index >= 15 is 0 Å². The standard InChI is InChI=1S/C16H17F2NO2S/c17-16(18)22-10-12-6-5-11(21-12)9-19-14-7-8-20-15-4-2-1-3-13(14)15/h1-6,14,16,19H,7-10H2. The minimum atomic E-state index is -2.37. The maximum absolute atomic E-state index is 12.2. The number of furan rings is 1. The van der Waals surface area contributed by atoms with Crippen molar-refractivity contribution in [2.24, 2.45) is 0 Å². The number of hydrogen-bond donors (Lipinski definition) is 1. The van der Waals surface area contributed by atoms with Gasteiger partial charge in [0.15, 0.2) is 0 Å². The molecule has 2 heterocycles. The summed E-state index contributed by atoms with van der Waals surface area (Å²) in [5.74, 6) is 0.0751. The molecular formula is C16H17F2NO2S. The lowest BCUT2D eigenvalue weighted by atomic mass is 10.0. The van der Waals surface area contributed by atoms with Gasteiger partial charge in [-0.3, -0.25) is 0 Å². The molecular weight excluding hydrogens is 308 g/mol. The van der Waals surface area contributed by atoms with Crippen molar-refractivity contribution < 1.29 is 17.9 Å². The Kier molecular flexibility index (Phi) is 5.00. The monoisotopic (exact) mass is 325 g/mol. The summed E-state index contributed by atoms with van der Waals surface area (Å²) < 4.78 is 35.5. The largest absolute Gasteiger partial charge is 0.493 e. The Bertz CT molecular complexity index is 618. The van der Waals surface area contributed by atoms with Crippen LogP contribution in [0.5, 0.6) is 5.75 Å². The van der Waals surface area contributed by atoms with Crippen molar-refractivity contribution in [3.8, 4) is 5.75 Å². The molecule has 1 aliphatic heterocycles. The first-order chi connectivity index (χ1) is 10.7. The summed E-state index contributed by atoms with van der Waals surface area (Å²) in [6.07, 6.45) is 0.895. The minimum Gasteiger partial charge on any atom is -0.493 e. The lowest BCUT2D eigenvalue weighted by Crippen LogP contribution is -2.26. The van der Waals surface area contributed by atoms with E-state index in [-0.39, 0.29) is 11.8 Å². The van der Waals surface area contributed by atoms with E-state index < -0.39 is 5.76 Å². The van der Waals surface area contributed by atoms with E-state index in [0.717, 1.165) is 23.5 Å². The van der Waals surface area contributed by atoms with Crippen molar-refractivity contribution in [3.63, 3.8) is 0 Å². The molecule has 1 N–H and O–H groups in total. The van der Waals surface area contributed by atoms with E-state index in [4.69, 9.17) is 9.15 Å². The number of thioether (sulfide) groups is 1. The predicted molar refractivity (Wildman–Crippen MR) is 82.1 cm³/mol. The van der Waals surface area contributed by atoms with Gasteiger partial charge in [0.05, 0.1) is 18.9 Å². The molecule has 0 radical (unpaired) electrons. The lowest BCUT2D eigenvalue weighted by Gasteiger charge is -2.26. The molecule has 2 aromatic rings. The number of ether oxygens (including phenoxy) is 1. The van der Waals surface area contributed by atoms with Gasteiger partial charge in [0, 0.05) is 18.0 Å². The van der Waals surface area contributed by atoms with E-state index in [1.165, 1.54) is 0 Å². The minimum absolute atomic E-state index is 0.192. The van der Waals surface area contributed by atoms with Crippen LogP contribution in [0.15, 0.2) is 40.8 Å². The van der Waals surface area contributed by atoms with Gasteiger partial charge < -0.3 is 14.5 Å². The van der Waals surface area contributed by atoms with Crippen molar-refractivity contribution in [1.82, 2.24) is 5.32 Å². The van der Waals surface area contributed by atoms with E-state index in [2.05, 4.69) is 11.4 Å². The van der Waals surface area contributed by atoms with Crippen molar-refractivity contribution in [2.75, 3.05) is 6.61 Å². The molecule has 0 saturated carbocycles. The second-order valence-corrected chi connectivity index (χ2v) is 6.03. The van der Waals surface area contributed by atoms with Crippen molar-refractivity contribution >= 4 is 11.8 Å². The maximum atomic E-state index is 12.2. The molecule has 0 fully saturated rings. The Morgan fingerprint density at radius 3 is 2.86 bits per heavy atom. The third kappa shape index (κ3) is 3.81. The summed E-state index contributed by atoms with van der Waals surface area (Å²) in [4.78, 5) is 0. The Balaban J connectivity index is 1.57. The summed E-state index contributed by atoms with van der Waals surface area (Å²) in [6.45, 7) is 1.25. The average Bonchev–Trinajstić information content (AvgIpc) is 2.99. The first-order valence-corrected chi connectivity index (χ1v) is 8.19. The van der Waals surface area contributed by atoms with E-state index in [9.17, 15) is 8.78 Å². The number of benzene rings is 1. The summed E-state index contributed by atoms with van der Waals surface area (Å²) in [5.41, 5.74) is 1.15. The van der Waals surface area contributed by atoms with Crippen LogP contribution in [0, 0.1) is 0 Å². The van der Waals surface area contributed by atoms with Crippen molar-refractivity contribution in [1.29, 1.82) is 0 Å². The van der Waals surface area contributed by atoms with Gasteiger partial charge in [0.1, 0.15) is 17.3 Å². The first kappa shape index (κ1) is 15.4. The topological polar surface area (TPSA) is 34.4 Å². The number of rotatable bonds is 6. The van der Waals surface area contributed by atoms with E-state index in [1.807, 2.05) is 24.3 Å². The van der Waals surface area contributed by atoms with Crippen LogP contribution in [-0.2, 0) is 12.3 Å². The molecule has 3 rings (SSSR count). The third-order valence-electron chi connectivity index (χ3n) is 3.55. The zero-order chi connectivity index (χ0) is 15.4. The number of nitrogens with one attached hydrogen (secondary N) is 1. The van der Waals surface area contributed by atoms with Crippen LogP contribution in [0.25, 0.3) is 0 Å². The molecule has 1 aromatic heterocycles. The first-order valence-electron chi connectivity index (χ1n) is 7.15. The van der Waals surface area contributed by atoms with Gasteiger partial charge in [0.2, 0.25) is 0 Å². The summed E-state index contributed by atoms with van der Waals surface area (Å²) in [6, 6.07) is 11.8. The zero-order valence-corrected chi connectivity index (χ0v) is 12.7. The highest BCUT2D eigenvalue weighted by atomic mass is 32.2. The predicted octanol–water partition coefficient (Wildman–Crippen LogP) is 4.35. The van der Waals surface area contributed by atoms with Crippen LogP contribution < -0.4 is 10.1 Å². The number of hydrogen-bond acceptors (Lipinski definition) is 4. The normalized spacial score (nSPS) is 17.3. The van der Waals surface area contributed by atoms with Gasteiger partial charge >= 0.3 is 0 Å². The molecule has 3 nitrogen and oxygen atoms in total. The fourth-order valence-corrected chi connectivity index (χ4v) is 2.96. The molecule has 1 atom stereocenters. The Morgan fingerprint density at radius 2 is 2.00 bits per heavy atom. The van der Waals surface area contributed by atoms with Crippen LogP contribution in [0.4, 0.5) is 8.78 Å². The number of halogens is 2. The van der Waals surface area contributed by atoms with Crippen LogP contribution >= 0.6 is 11.8 Å². The second-order valence-electron chi connectivity index (χ2n) is 5.05. The highest BCUT2D eigenvalue weighted by Gasteiger charge is 2.20. The Labute approximate surface area is 132 Å². The summed E-state index contributed by atoms with van der Waals surface area (Å²) in [5, 5.41) is 3.44. The molecule has 0 spiro atoms. The summed E-state index contributed by atoms with van der Waals surface area (Å²) >= 11 is 0.571. The van der Waals surface area contributed by atoms with Crippen molar-refractivity contribution in [3.05, 3.63) is 53.5 Å². The SMILES string of the molecule is FC(F)SCc1ccc(CNC2CCOc3ccccc32)o1.